The number of imidazole rings is 1. The van der Waals surface area contributed by atoms with E-state index in [0.717, 1.165) is 93.6 Å². The Balaban J connectivity index is 1.00. The number of fused-ring (bicyclic) bond motifs is 2. The van der Waals surface area contributed by atoms with Crippen LogP contribution in [-0.2, 0) is 37.8 Å². The van der Waals surface area contributed by atoms with Gasteiger partial charge in [-0.25, -0.2) is 4.98 Å². The van der Waals surface area contributed by atoms with E-state index in [0.29, 0.717) is 62.6 Å². The molecule has 2 aromatic heterocycles. The van der Waals surface area contributed by atoms with E-state index in [9.17, 15) is 19.5 Å². The maximum Gasteiger partial charge on any atom is 0.306 e. The van der Waals surface area contributed by atoms with Gasteiger partial charge in [-0.05, 0) is 94.2 Å². The highest BCUT2D eigenvalue weighted by Crippen LogP contribution is 2.40. The molecule has 4 aromatic rings. The first kappa shape index (κ1) is 38.0. The molecule has 2 amide bonds. The van der Waals surface area contributed by atoms with Crippen molar-refractivity contribution in [3.05, 3.63) is 92.7 Å². The molecule has 0 spiro atoms. The smallest absolute Gasteiger partial charge is 0.306 e. The molecule has 284 valence electrons. The Morgan fingerprint density at radius 3 is 2.20 bits per heavy atom. The van der Waals surface area contributed by atoms with Gasteiger partial charge >= 0.3 is 5.97 Å². The molecule has 13 heteroatoms. The van der Waals surface area contributed by atoms with E-state index in [4.69, 9.17) is 28.2 Å². The molecule has 2 aromatic carbocycles. The molecule has 4 heterocycles. The lowest BCUT2D eigenvalue weighted by Gasteiger charge is -2.31. The molecule has 0 atom stereocenters. The van der Waals surface area contributed by atoms with E-state index in [1.54, 1.807) is 30.5 Å². The van der Waals surface area contributed by atoms with Gasteiger partial charge in [-0.3, -0.25) is 29.2 Å². The predicted octanol–water partition coefficient (Wildman–Crippen LogP) is 7.70. The minimum Gasteiger partial charge on any atom is -0.481 e. The molecule has 1 aliphatic carbocycles. The first-order chi connectivity index (χ1) is 26.0. The first-order valence-corrected chi connectivity index (χ1v) is 19.6. The number of benzene rings is 2. The zero-order valence-corrected chi connectivity index (χ0v) is 32.5. The number of carboxylic acid groups (broad SMARTS) is 1. The number of nitrogens with one attached hydrogen (secondary N) is 2. The van der Waals surface area contributed by atoms with Gasteiger partial charge in [0.25, 0.3) is 11.8 Å². The summed E-state index contributed by atoms with van der Waals surface area (Å²) in [6.07, 6.45) is 7.95. The zero-order valence-electron chi connectivity index (χ0n) is 31.0. The minimum absolute atomic E-state index is 0.196. The molecular formula is C41H47Cl2N7O4. The van der Waals surface area contributed by atoms with E-state index in [2.05, 4.69) is 39.3 Å². The Morgan fingerprint density at radius 1 is 0.889 bits per heavy atom. The SMILES string of the molecule is CC(C)N1CCc2cc(C(=O)Nc3cccc(-c4cccc(NC(=O)c5nc6c(n5C)CCN(CC[C@H]5CC[C@H](C(=O)O)CC5)C6)c4Cl)c3Cl)ncc2C1. The van der Waals surface area contributed by atoms with Crippen LogP contribution in [0.3, 0.4) is 0 Å². The molecule has 1 fully saturated rings. The summed E-state index contributed by atoms with van der Waals surface area (Å²) >= 11 is 13.9. The normalized spacial score (nSPS) is 18.9. The monoisotopic (exact) mass is 771 g/mol. The van der Waals surface area contributed by atoms with Gasteiger partial charge in [0.1, 0.15) is 5.69 Å². The molecule has 54 heavy (non-hydrogen) atoms. The van der Waals surface area contributed by atoms with Crippen molar-refractivity contribution in [1.82, 2.24) is 24.3 Å². The molecule has 2 aliphatic heterocycles. The van der Waals surface area contributed by atoms with Crippen molar-refractivity contribution >= 4 is 52.4 Å². The fraction of sp³-hybridized carbons (Fsp3) is 0.439. The second-order valence-electron chi connectivity index (χ2n) is 15.2. The molecule has 1 saturated carbocycles. The van der Waals surface area contributed by atoms with Gasteiger partial charge in [-0.2, -0.15) is 0 Å². The summed E-state index contributed by atoms with van der Waals surface area (Å²) < 4.78 is 1.87. The summed E-state index contributed by atoms with van der Waals surface area (Å²) in [5.41, 5.74) is 6.60. The first-order valence-electron chi connectivity index (χ1n) is 18.9. The van der Waals surface area contributed by atoms with Crippen molar-refractivity contribution in [3.63, 3.8) is 0 Å². The average molecular weight is 773 g/mol. The number of anilines is 2. The van der Waals surface area contributed by atoms with E-state index in [-0.39, 0.29) is 17.7 Å². The fourth-order valence-corrected chi connectivity index (χ4v) is 8.65. The number of amides is 2. The predicted molar refractivity (Wildman–Crippen MR) is 211 cm³/mol. The Morgan fingerprint density at radius 2 is 1.56 bits per heavy atom. The Bertz CT molecular complexity index is 2070. The van der Waals surface area contributed by atoms with Crippen molar-refractivity contribution in [2.45, 2.75) is 77.9 Å². The number of aliphatic carboxylic acids is 1. The molecule has 0 saturated heterocycles. The molecular weight excluding hydrogens is 725 g/mol. The highest BCUT2D eigenvalue weighted by molar-refractivity contribution is 6.40. The molecule has 3 aliphatic rings. The second kappa shape index (κ2) is 16.2. The van der Waals surface area contributed by atoms with Gasteiger partial charge in [0.15, 0.2) is 5.82 Å². The van der Waals surface area contributed by atoms with Crippen molar-refractivity contribution < 1.29 is 19.5 Å². The zero-order chi connectivity index (χ0) is 38.1. The van der Waals surface area contributed by atoms with Gasteiger partial charge in [-0.15, -0.1) is 0 Å². The van der Waals surface area contributed by atoms with Crippen molar-refractivity contribution in [2.75, 3.05) is 30.3 Å². The molecule has 11 nitrogen and oxygen atoms in total. The molecule has 0 unspecified atom stereocenters. The molecule has 0 radical (unpaired) electrons. The highest BCUT2D eigenvalue weighted by atomic mass is 35.5. The number of carboxylic acids is 1. The van der Waals surface area contributed by atoms with Gasteiger partial charge < -0.3 is 20.3 Å². The lowest BCUT2D eigenvalue weighted by atomic mass is 9.80. The number of hydrogen-bond acceptors (Lipinski definition) is 7. The summed E-state index contributed by atoms with van der Waals surface area (Å²) in [5, 5.41) is 15.8. The van der Waals surface area contributed by atoms with Crippen LogP contribution in [0.1, 0.15) is 89.6 Å². The van der Waals surface area contributed by atoms with Crippen LogP contribution >= 0.6 is 23.2 Å². The number of carbonyl (C=O) groups excluding carboxylic acids is 2. The molecule has 3 N–H and O–H groups in total. The number of aromatic nitrogens is 3. The van der Waals surface area contributed by atoms with Crippen molar-refractivity contribution in [3.8, 4) is 11.1 Å². The van der Waals surface area contributed by atoms with Crippen LogP contribution in [0, 0.1) is 11.8 Å². The second-order valence-corrected chi connectivity index (χ2v) is 15.9. The number of hydrogen-bond donors (Lipinski definition) is 3. The van der Waals surface area contributed by atoms with Gasteiger partial charge in [0.05, 0.1) is 33.0 Å². The Kier molecular flexibility index (Phi) is 11.4. The third kappa shape index (κ3) is 8.05. The summed E-state index contributed by atoms with van der Waals surface area (Å²) in [5.74, 6) is -0.719. The molecule has 0 bridgehead atoms. The van der Waals surface area contributed by atoms with Crippen molar-refractivity contribution in [2.24, 2.45) is 18.9 Å². The third-order valence-electron chi connectivity index (χ3n) is 11.5. The lowest BCUT2D eigenvalue weighted by Crippen LogP contribution is -2.36. The number of nitrogens with zero attached hydrogens (tertiary/aromatic N) is 5. The van der Waals surface area contributed by atoms with E-state index >= 15 is 0 Å². The Labute approximate surface area is 326 Å². The number of pyridine rings is 1. The van der Waals surface area contributed by atoms with Crippen LogP contribution in [0.15, 0.2) is 48.7 Å². The Hall–Kier alpha value is -4.29. The standard InChI is InChI=1S/C41H47Cl2N7O4/c1-24(2)50-19-15-27-20-33(44-21-28(27)22-50)39(51)46-31-8-4-6-29(36(31)42)30-7-5-9-32(37(30)43)47-40(52)38-45-34-23-49(18-16-35(34)48(38)3)17-14-25-10-12-26(13-11-25)41(53)54/h4-9,20-21,24-26H,10-19,22-23H2,1-3H3,(H,46,51)(H,47,52)(H,53,54)/t25-,26-. The van der Waals surface area contributed by atoms with Gasteiger partial charge in [-0.1, -0.05) is 47.5 Å². The van der Waals surface area contributed by atoms with E-state index in [1.807, 2.05) is 29.8 Å². The topological polar surface area (TPSA) is 133 Å². The number of halogens is 2. The van der Waals surface area contributed by atoms with Crippen LogP contribution in [0.4, 0.5) is 11.4 Å². The maximum absolute atomic E-state index is 13.7. The van der Waals surface area contributed by atoms with E-state index < -0.39 is 5.97 Å². The summed E-state index contributed by atoms with van der Waals surface area (Å²) in [7, 11) is 1.87. The van der Waals surface area contributed by atoms with Crippen LogP contribution in [0.25, 0.3) is 11.1 Å². The van der Waals surface area contributed by atoms with Crippen LogP contribution in [-0.4, -0.2) is 72.9 Å². The highest BCUT2D eigenvalue weighted by Gasteiger charge is 2.29. The van der Waals surface area contributed by atoms with Gasteiger partial charge in [0.2, 0.25) is 0 Å². The summed E-state index contributed by atoms with van der Waals surface area (Å²) in [6.45, 7) is 8.60. The maximum atomic E-state index is 13.7. The van der Waals surface area contributed by atoms with Gasteiger partial charge in [0, 0.05) is 68.7 Å². The average Bonchev–Trinajstić information content (AvgIpc) is 3.50. The third-order valence-corrected chi connectivity index (χ3v) is 12.3. The molecule has 7 rings (SSSR count). The number of carbonyl (C=O) groups is 3. The lowest BCUT2D eigenvalue weighted by molar-refractivity contribution is -0.143. The van der Waals surface area contributed by atoms with Crippen LogP contribution < -0.4 is 10.6 Å². The fourth-order valence-electron chi connectivity index (χ4n) is 8.10. The van der Waals surface area contributed by atoms with Crippen molar-refractivity contribution in [1.29, 1.82) is 0 Å². The number of rotatable bonds is 10. The largest absolute Gasteiger partial charge is 0.481 e. The van der Waals surface area contributed by atoms with Crippen LogP contribution in [0.2, 0.25) is 10.0 Å². The quantitative estimate of drug-likeness (QED) is 0.150. The van der Waals surface area contributed by atoms with E-state index in [1.165, 1.54) is 0 Å². The van der Waals surface area contributed by atoms with Crippen LogP contribution in [0.5, 0.6) is 0 Å². The summed E-state index contributed by atoms with van der Waals surface area (Å²) in [6, 6.07) is 13.0. The minimum atomic E-state index is -0.670. The summed E-state index contributed by atoms with van der Waals surface area (Å²) in [4.78, 5) is 52.3.